The largest absolute Gasteiger partial charge is 0.402 e. The summed E-state index contributed by atoms with van der Waals surface area (Å²) in [6, 6.07) is 10.0. The zero-order valence-corrected chi connectivity index (χ0v) is 21.7. The van der Waals surface area contributed by atoms with E-state index in [-0.39, 0.29) is 11.8 Å². The molecular formula is C29H38N4OS. The standard InChI is InChI=1S/C29H38N4OS/c1-20(2)17-23(30)18-26-19-25(10-6-9-21-7-4-3-5-8-21)32-29(33-26)35-27-15-13-24(14-16-27)31-28(34)22-11-12-22/h13-17,19,21-22H,1,3-12,18,30H2,2H3,(H,31,34)/b23-17-. The topological polar surface area (TPSA) is 80.9 Å². The number of nitrogens with two attached hydrogens (primary N) is 1. The Kier molecular flexibility index (Phi) is 9.02. The quantitative estimate of drug-likeness (QED) is 0.266. The van der Waals surface area contributed by atoms with E-state index in [1.165, 1.54) is 38.5 Å². The number of aryl methyl sites for hydroxylation is 1. The number of aromatic nitrogens is 2. The Morgan fingerprint density at radius 1 is 1.11 bits per heavy atom. The van der Waals surface area contributed by atoms with Gasteiger partial charge in [-0.1, -0.05) is 50.7 Å². The van der Waals surface area contributed by atoms with E-state index in [4.69, 9.17) is 15.7 Å². The summed E-state index contributed by atoms with van der Waals surface area (Å²) in [6.07, 6.45) is 14.9. The molecule has 0 unspecified atom stereocenters. The molecule has 0 aliphatic heterocycles. The molecule has 6 heteroatoms. The van der Waals surface area contributed by atoms with E-state index >= 15 is 0 Å². The first-order chi connectivity index (χ1) is 16.9. The maximum atomic E-state index is 12.0. The van der Waals surface area contributed by atoms with Crippen molar-refractivity contribution in [3.63, 3.8) is 0 Å². The van der Waals surface area contributed by atoms with Crippen molar-refractivity contribution in [2.75, 3.05) is 5.32 Å². The molecule has 0 saturated heterocycles. The number of amides is 1. The number of hydrogen-bond donors (Lipinski definition) is 2. The number of rotatable bonds is 11. The van der Waals surface area contributed by atoms with Crippen molar-refractivity contribution in [1.82, 2.24) is 9.97 Å². The van der Waals surface area contributed by atoms with Crippen LogP contribution < -0.4 is 11.1 Å². The Hall–Kier alpha value is -2.60. The minimum atomic E-state index is 0.125. The van der Waals surface area contributed by atoms with Crippen molar-refractivity contribution in [1.29, 1.82) is 0 Å². The van der Waals surface area contributed by atoms with Crippen LogP contribution in [0.4, 0.5) is 5.69 Å². The second-order valence-corrected chi connectivity index (χ2v) is 11.2. The van der Waals surface area contributed by atoms with Crippen molar-refractivity contribution in [3.8, 4) is 0 Å². The maximum Gasteiger partial charge on any atom is 0.227 e. The fraction of sp³-hybridized carbons (Fsp3) is 0.483. The van der Waals surface area contributed by atoms with Gasteiger partial charge in [-0.15, -0.1) is 0 Å². The monoisotopic (exact) mass is 490 g/mol. The second kappa shape index (κ2) is 12.4. The number of nitrogens with zero attached hydrogens (tertiary/aromatic N) is 2. The molecule has 2 saturated carbocycles. The Balaban J connectivity index is 1.43. The number of allylic oxidation sites excluding steroid dienone is 3. The van der Waals surface area contributed by atoms with Crippen LogP contribution >= 0.6 is 11.8 Å². The van der Waals surface area contributed by atoms with Crippen molar-refractivity contribution in [3.05, 3.63) is 65.6 Å². The Morgan fingerprint density at radius 3 is 2.51 bits per heavy atom. The molecule has 2 aliphatic rings. The van der Waals surface area contributed by atoms with Gasteiger partial charge in [0.1, 0.15) is 0 Å². The maximum absolute atomic E-state index is 12.0. The van der Waals surface area contributed by atoms with E-state index in [2.05, 4.69) is 18.0 Å². The lowest BCUT2D eigenvalue weighted by Crippen LogP contribution is -2.12. The van der Waals surface area contributed by atoms with Gasteiger partial charge in [0.05, 0.1) is 5.69 Å². The normalized spacial score (nSPS) is 16.8. The van der Waals surface area contributed by atoms with Crippen LogP contribution in [0.25, 0.3) is 0 Å². The molecule has 1 aromatic heterocycles. The van der Waals surface area contributed by atoms with E-state index < -0.39 is 0 Å². The van der Waals surface area contributed by atoms with Gasteiger partial charge in [0.15, 0.2) is 5.16 Å². The van der Waals surface area contributed by atoms with Gasteiger partial charge in [0, 0.05) is 34.3 Å². The molecule has 1 aromatic carbocycles. The number of hydrogen-bond acceptors (Lipinski definition) is 5. The van der Waals surface area contributed by atoms with Crippen molar-refractivity contribution < 1.29 is 4.79 Å². The summed E-state index contributed by atoms with van der Waals surface area (Å²) >= 11 is 1.55. The van der Waals surface area contributed by atoms with Gasteiger partial charge in [-0.25, -0.2) is 9.97 Å². The summed E-state index contributed by atoms with van der Waals surface area (Å²) in [7, 11) is 0. The Labute approximate surface area is 214 Å². The minimum absolute atomic E-state index is 0.125. The fourth-order valence-electron chi connectivity index (χ4n) is 4.72. The highest BCUT2D eigenvalue weighted by atomic mass is 32.2. The molecule has 0 atom stereocenters. The first-order valence-electron chi connectivity index (χ1n) is 13.0. The van der Waals surface area contributed by atoms with E-state index in [9.17, 15) is 4.79 Å². The predicted molar refractivity (Wildman–Crippen MR) is 144 cm³/mol. The molecule has 1 amide bonds. The minimum Gasteiger partial charge on any atom is -0.402 e. The molecular weight excluding hydrogens is 452 g/mol. The van der Waals surface area contributed by atoms with Crippen molar-refractivity contribution >= 4 is 23.4 Å². The summed E-state index contributed by atoms with van der Waals surface area (Å²) in [4.78, 5) is 22.8. The molecule has 0 bridgehead atoms. The lowest BCUT2D eigenvalue weighted by atomic mass is 9.85. The summed E-state index contributed by atoms with van der Waals surface area (Å²) in [5.41, 5.74) is 10.8. The van der Waals surface area contributed by atoms with Crippen molar-refractivity contribution in [2.24, 2.45) is 17.6 Å². The van der Waals surface area contributed by atoms with Crippen LogP contribution in [-0.4, -0.2) is 15.9 Å². The summed E-state index contributed by atoms with van der Waals surface area (Å²) in [6.45, 7) is 5.88. The Morgan fingerprint density at radius 2 is 1.83 bits per heavy atom. The lowest BCUT2D eigenvalue weighted by molar-refractivity contribution is -0.117. The number of carbonyl (C=O) groups is 1. The third kappa shape index (κ3) is 8.53. The molecule has 186 valence electrons. The highest BCUT2D eigenvalue weighted by Gasteiger charge is 2.29. The van der Waals surface area contributed by atoms with E-state index in [0.29, 0.717) is 6.42 Å². The highest BCUT2D eigenvalue weighted by molar-refractivity contribution is 7.99. The third-order valence-electron chi connectivity index (χ3n) is 6.68. The van der Waals surface area contributed by atoms with Crippen LogP contribution in [0.2, 0.25) is 0 Å². The summed E-state index contributed by atoms with van der Waals surface area (Å²) in [5.74, 6) is 1.20. The Bertz CT molecular complexity index is 1050. The van der Waals surface area contributed by atoms with Crippen LogP contribution in [-0.2, 0) is 17.6 Å². The molecule has 35 heavy (non-hydrogen) atoms. The van der Waals surface area contributed by atoms with E-state index in [0.717, 1.165) is 70.0 Å². The molecule has 5 nitrogen and oxygen atoms in total. The number of benzene rings is 1. The van der Waals surface area contributed by atoms with Gasteiger partial charge >= 0.3 is 0 Å². The van der Waals surface area contributed by atoms with Crippen LogP contribution in [0.15, 0.2) is 64.3 Å². The zero-order chi connectivity index (χ0) is 24.6. The molecule has 2 aliphatic carbocycles. The average Bonchev–Trinajstić information content (AvgIpc) is 3.66. The molecule has 4 rings (SSSR count). The van der Waals surface area contributed by atoms with Crippen LogP contribution in [0, 0.1) is 11.8 Å². The lowest BCUT2D eigenvalue weighted by Gasteiger charge is -2.21. The molecule has 0 radical (unpaired) electrons. The highest BCUT2D eigenvalue weighted by Crippen LogP contribution is 2.32. The molecule has 2 fully saturated rings. The van der Waals surface area contributed by atoms with E-state index in [1.807, 2.05) is 37.3 Å². The SMILES string of the molecule is C=C(C)/C=C(\N)Cc1cc(CCCC2CCCCC2)nc(Sc2ccc(NC(=O)C3CC3)cc2)n1. The van der Waals surface area contributed by atoms with Gasteiger partial charge in [-0.2, -0.15) is 0 Å². The molecule has 3 N–H and O–H groups in total. The smallest absolute Gasteiger partial charge is 0.227 e. The molecule has 2 aromatic rings. The second-order valence-electron chi connectivity index (χ2n) is 10.2. The first-order valence-corrected chi connectivity index (χ1v) is 13.8. The summed E-state index contributed by atoms with van der Waals surface area (Å²) < 4.78 is 0. The zero-order valence-electron chi connectivity index (χ0n) is 20.9. The van der Waals surface area contributed by atoms with Gasteiger partial charge < -0.3 is 11.1 Å². The molecule has 0 spiro atoms. The molecule has 1 heterocycles. The fourth-order valence-corrected chi connectivity index (χ4v) is 5.53. The summed E-state index contributed by atoms with van der Waals surface area (Å²) in [5, 5.41) is 3.74. The van der Waals surface area contributed by atoms with Gasteiger partial charge in [0.25, 0.3) is 0 Å². The number of anilines is 1. The predicted octanol–water partition coefficient (Wildman–Crippen LogP) is 6.84. The van der Waals surface area contributed by atoms with Crippen LogP contribution in [0.1, 0.15) is 76.1 Å². The number of nitrogens with one attached hydrogen (secondary N) is 1. The number of carbonyl (C=O) groups excluding carboxylic acids is 1. The van der Waals surface area contributed by atoms with Crippen LogP contribution in [0.3, 0.4) is 0 Å². The van der Waals surface area contributed by atoms with Gasteiger partial charge in [-0.3, -0.25) is 4.79 Å². The third-order valence-corrected chi connectivity index (χ3v) is 7.55. The van der Waals surface area contributed by atoms with Gasteiger partial charge in [-0.05, 0) is 86.7 Å². The van der Waals surface area contributed by atoms with Crippen LogP contribution in [0.5, 0.6) is 0 Å². The first kappa shape index (κ1) is 25.5. The van der Waals surface area contributed by atoms with Gasteiger partial charge in [0.2, 0.25) is 5.91 Å². The average molecular weight is 491 g/mol. The van der Waals surface area contributed by atoms with E-state index in [1.54, 1.807) is 11.8 Å². The van der Waals surface area contributed by atoms with Crippen molar-refractivity contribution in [2.45, 2.75) is 87.6 Å².